The van der Waals surface area contributed by atoms with E-state index in [0.717, 1.165) is 0 Å². The molecule has 0 aliphatic carbocycles. The third-order valence-electron chi connectivity index (χ3n) is 5.18. The maximum atomic E-state index is 13.2. The van der Waals surface area contributed by atoms with E-state index >= 15 is 0 Å². The number of likely N-dealkylation sites (tertiary alicyclic amines) is 1. The SMILES string of the molecule is NCCCCC(NC(=O)C(N)CC(N)=O)C(=O)N1CCCC1C(=O)NC(CC(N)=O)C(=O)O. The molecule has 0 aromatic carbocycles. The van der Waals surface area contributed by atoms with Gasteiger partial charge in [0.05, 0.1) is 18.9 Å². The van der Waals surface area contributed by atoms with Crippen molar-refractivity contribution in [3.05, 3.63) is 0 Å². The standard InChI is InChI=1S/C19H33N7O7/c20-6-2-1-4-11(24-16(29)10(21)8-14(22)27)18(31)26-7-3-5-13(26)17(30)25-12(19(32)33)9-15(23)28/h10-13H,1-9,20-21H2,(H2,22,27)(H2,23,28)(H,24,29)(H,25,30)(H,32,33). The van der Waals surface area contributed by atoms with Crippen LogP contribution in [0.2, 0.25) is 0 Å². The van der Waals surface area contributed by atoms with E-state index in [1.807, 2.05) is 0 Å². The molecule has 0 aromatic heterocycles. The van der Waals surface area contributed by atoms with Gasteiger partial charge in [0.2, 0.25) is 29.5 Å². The Labute approximate surface area is 190 Å². The number of nitrogens with one attached hydrogen (secondary N) is 2. The van der Waals surface area contributed by atoms with Gasteiger partial charge in [-0.3, -0.25) is 24.0 Å². The van der Waals surface area contributed by atoms with Crippen molar-refractivity contribution >= 4 is 35.5 Å². The minimum atomic E-state index is -1.53. The van der Waals surface area contributed by atoms with Crippen molar-refractivity contribution in [2.24, 2.45) is 22.9 Å². The number of carbonyl (C=O) groups excluding carboxylic acids is 5. The molecule has 0 bridgehead atoms. The highest BCUT2D eigenvalue weighted by Crippen LogP contribution is 2.20. The van der Waals surface area contributed by atoms with Gasteiger partial charge >= 0.3 is 5.97 Å². The number of aliphatic carboxylic acids is 1. The molecule has 4 unspecified atom stereocenters. The first kappa shape index (κ1) is 27.8. The van der Waals surface area contributed by atoms with Gasteiger partial charge in [-0.1, -0.05) is 0 Å². The second-order valence-electron chi connectivity index (χ2n) is 7.88. The zero-order valence-electron chi connectivity index (χ0n) is 18.3. The van der Waals surface area contributed by atoms with E-state index in [0.29, 0.717) is 25.8 Å². The number of unbranched alkanes of at least 4 members (excludes halogenated alkanes) is 1. The number of rotatable bonds is 14. The molecular weight excluding hydrogens is 438 g/mol. The number of carbonyl (C=O) groups is 6. The van der Waals surface area contributed by atoms with Gasteiger partial charge in [-0.15, -0.1) is 0 Å². The van der Waals surface area contributed by atoms with Crippen molar-refractivity contribution in [3.63, 3.8) is 0 Å². The number of hydrogen-bond donors (Lipinski definition) is 7. The molecule has 1 rings (SSSR count). The van der Waals surface area contributed by atoms with Gasteiger partial charge in [0.1, 0.15) is 18.1 Å². The molecule has 14 heteroatoms. The molecule has 1 heterocycles. The monoisotopic (exact) mass is 471 g/mol. The topological polar surface area (TPSA) is 254 Å². The van der Waals surface area contributed by atoms with Crippen LogP contribution >= 0.6 is 0 Å². The van der Waals surface area contributed by atoms with Crippen LogP contribution in [-0.2, 0) is 28.8 Å². The molecule has 33 heavy (non-hydrogen) atoms. The highest BCUT2D eigenvalue weighted by Gasteiger charge is 2.39. The first-order chi connectivity index (χ1) is 15.5. The number of nitrogens with zero attached hydrogens (tertiary/aromatic N) is 1. The van der Waals surface area contributed by atoms with Crippen LogP contribution in [-0.4, -0.2) is 82.8 Å². The molecule has 0 aromatic rings. The first-order valence-electron chi connectivity index (χ1n) is 10.6. The van der Waals surface area contributed by atoms with E-state index in [1.54, 1.807) is 0 Å². The minimum Gasteiger partial charge on any atom is -0.480 e. The quantitative estimate of drug-likeness (QED) is 0.123. The van der Waals surface area contributed by atoms with Crippen LogP contribution in [0, 0.1) is 0 Å². The molecule has 1 fully saturated rings. The van der Waals surface area contributed by atoms with Crippen molar-refractivity contribution in [1.82, 2.24) is 15.5 Å². The van der Waals surface area contributed by atoms with Gasteiger partial charge in [-0.05, 0) is 38.6 Å². The van der Waals surface area contributed by atoms with E-state index in [-0.39, 0.29) is 19.4 Å². The molecular formula is C19H33N7O7. The molecule has 1 saturated heterocycles. The normalized spacial score (nSPS) is 18.1. The van der Waals surface area contributed by atoms with Crippen molar-refractivity contribution in [2.45, 2.75) is 69.1 Å². The lowest BCUT2D eigenvalue weighted by Gasteiger charge is -2.30. The Bertz CT molecular complexity index is 761. The van der Waals surface area contributed by atoms with Crippen LogP contribution in [0.15, 0.2) is 0 Å². The highest BCUT2D eigenvalue weighted by atomic mass is 16.4. The summed E-state index contributed by atoms with van der Waals surface area (Å²) in [5.74, 6) is -5.15. The Morgan fingerprint density at radius 3 is 2.15 bits per heavy atom. The fourth-order valence-electron chi connectivity index (χ4n) is 3.51. The predicted molar refractivity (Wildman–Crippen MR) is 115 cm³/mol. The summed E-state index contributed by atoms with van der Waals surface area (Å²) in [6.45, 7) is 0.586. The zero-order chi connectivity index (χ0) is 25.1. The van der Waals surface area contributed by atoms with Gasteiger partial charge < -0.3 is 43.6 Å². The molecule has 186 valence electrons. The van der Waals surface area contributed by atoms with Crippen molar-refractivity contribution < 1.29 is 33.9 Å². The van der Waals surface area contributed by atoms with Crippen LogP contribution in [0.5, 0.6) is 0 Å². The number of nitrogens with two attached hydrogens (primary N) is 4. The summed E-state index contributed by atoms with van der Waals surface area (Å²) >= 11 is 0. The second kappa shape index (κ2) is 13.3. The summed E-state index contributed by atoms with van der Waals surface area (Å²) in [6.07, 6.45) is 1.05. The van der Waals surface area contributed by atoms with Gasteiger partial charge in [0.25, 0.3) is 0 Å². The molecule has 1 aliphatic heterocycles. The Morgan fingerprint density at radius 2 is 1.61 bits per heavy atom. The van der Waals surface area contributed by atoms with E-state index in [1.165, 1.54) is 4.90 Å². The van der Waals surface area contributed by atoms with E-state index in [2.05, 4.69) is 10.6 Å². The number of carboxylic acid groups (broad SMARTS) is 1. The summed E-state index contributed by atoms with van der Waals surface area (Å²) in [6, 6.07) is -4.78. The fourth-order valence-corrected chi connectivity index (χ4v) is 3.51. The second-order valence-corrected chi connectivity index (χ2v) is 7.88. The molecule has 11 N–H and O–H groups in total. The highest BCUT2D eigenvalue weighted by molar-refractivity contribution is 5.95. The lowest BCUT2D eigenvalue weighted by molar-refractivity contribution is -0.146. The van der Waals surface area contributed by atoms with Crippen LogP contribution in [0.3, 0.4) is 0 Å². The maximum Gasteiger partial charge on any atom is 0.326 e. The lowest BCUT2D eigenvalue weighted by atomic mass is 10.1. The number of primary amides is 2. The minimum absolute atomic E-state index is 0.209. The molecule has 0 radical (unpaired) electrons. The summed E-state index contributed by atoms with van der Waals surface area (Å²) in [5, 5.41) is 14.0. The third kappa shape index (κ3) is 9.02. The first-order valence-corrected chi connectivity index (χ1v) is 10.6. The zero-order valence-corrected chi connectivity index (χ0v) is 18.3. The number of carboxylic acids is 1. The summed E-state index contributed by atoms with van der Waals surface area (Å²) in [5.41, 5.74) is 21.2. The Balaban J connectivity index is 2.95. The predicted octanol–water partition coefficient (Wildman–Crippen LogP) is -3.76. The summed E-state index contributed by atoms with van der Waals surface area (Å²) < 4.78 is 0. The molecule has 5 amide bonds. The average molecular weight is 472 g/mol. The van der Waals surface area contributed by atoms with E-state index < -0.39 is 72.5 Å². The molecule has 1 aliphatic rings. The largest absolute Gasteiger partial charge is 0.480 e. The summed E-state index contributed by atoms with van der Waals surface area (Å²) in [7, 11) is 0. The van der Waals surface area contributed by atoms with Crippen LogP contribution in [0.4, 0.5) is 0 Å². The van der Waals surface area contributed by atoms with Gasteiger partial charge in [-0.25, -0.2) is 4.79 Å². The number of hydrogen-bond acceptors (Lipinski definition) is 8. The van der Waals surface area contributed by atoms with Gasteiger partial charge in [-0.2, -0.15) is 0 Å². The van der Waals surface area contributed by atoms with Crippen LogP contribution in [0.1, 0.15) is 44.9 Å². The fraction of sp³-hybridized carbons (Fsp3) is 0.684. The Hall–Kier alpha value is -3.26. The molecule has 0 saturated carbocycles. The molecule has 4 atom stereocenters. The van der Waals surface area contributed by atoms with Crippen molar-refractivity contribution in [1.29, 1.82) is 0 Å². The van der Waals surface area contributed by atoms with Gasteiger partial charge in [0.15, 0.2) is 0 Å². The van der Waals surface area contributed by atoms with Crippen molar-refractivity contribution in [3.8, 4) is 0 Å². The third-order valence-corrected chi connectivity index (χ3v) is 5.18. The lowest BCUT2D eigenvalue weighted by Crippen LogP contribution is -2.57. The average Bonchev–Trinajstić information content (AvgIpc) is 3.21. The molecule has 14 nitrogen and oxygen atoms in total. The maximum absolute atomic E-state index is 13.2. The molecule has 0 spiro atoms. The summed E-state index contributed by atoms with van der Waals surface area (Å²) in [4.78, 5) is 72.9. The Kier molecular flexibility index (Phi) is 11.2. The number of amides is 5. The van der Waals surface area contributed by atoms with Crippen LogP contribution < -0.4 is 33.6 Å². The van der Waals surface area contributed by atoms with Crippen LogP contribution in [0.25, 0.3) is 0 Å². The Morgan fingerprint density at radius 1 is 0.970 bits per heavy atom. The van der Waals surface area contributed by atoms with Gasteiger partial charge in [0, 0.05) is 6.54 Å². The van der Waals surface area contributed by atoms with Crippen molar-refractivity contribution in [2.75, 3.05) is 13.1 Å². The van der Waals surface area contributed by atoms with E-state index in [9.17, 15) is 33.9 Å². The smallest absolute Gasteiger partial charge is 0.326 e. The van der Waals surface area contributed by atoms with E-state index in [4.69, 9.17) is 22.9 Å².